The number of hydrogen-bond donors (Lipinski definition) is 0. The largest absolute Gasteiger partial charge is 0.492 e. The molecule has 4 nitrogen and oxygen atoms in total. The van der Waals surface area contributed by atoms with Crippen molar-refractivity contribution in [3.63, 3.8) is 0 Å². The van der Waals surface area contributed by atoms with Crippen LogP contribution in [0.3, 0.4) is 0 Å². The average molecular weight is 325 g/mol. The predicted octanol–water partition coefficient (Wildman–Crippen LogP) is 2.91. The Balaban J connectivity index is 1.67. The molecule has 0 atom stereocenters. The van der Waals surface area contributed by atoms with Crippen LogP contribution in [0, 0.1) is 5.92 Å². The first-order valence-electron chi connectivity index (χ1n) is 7.89. The van der Waals surface area contributed by atoms with Crippen molar-refractivity contribution in [3.8, 4) is 5.75 Å². The monoisotopic (exact) mass is 324 g/mol. The molecular formula is C17H25ClN2O2. The molecule has 1 saturated heterocycles. The fourth-order valence-corrected chi connectivity index (χ4v) is 2.72. The highest BCUT2D eigenvalue weighted by molar-refractivity contribution is 6.30. The number of carbonyl (C=O) groups is 1. The number of halogens is 1. The number of carbonyl (C=O) groups excluding carboxylic acids is 1. The summed E-state index contributed by atoms with van der Waals surface area (Å²) >= 11 is 5.91. The topological polar surface area (TPSA) is 32.8 Å². The molecule has 0 saturated carbocycles. The third-order valence-electron chi connectivity index (χ3n) is 4.08. The minimum atomic E-state index is 0.220. The van der Waals surface area contributed by atoms with E-state index in [0.717, 1.165) is 37.6 Å². The van der Waals surface area contributed by atoms with E-state index in [4.69, 9.17) is 16.3 Å². The molecule has 1 aliphatic heterocycles. The molecular weight excluding hydrogens is 300 g/mol. The molecule has 0 bridgehead atoms. The summed E-state index contributed by atoms with van der Waals surface area (Å²) < 4.78 is 5.65. The predicted molar refractivity (Wildman–Crippen MR) is 89.4 cm³/mol. The van der Waals surface area contributed by atoms with Crippen LogP contribution in [0.1, 0.15) is 19.8 Å². The zero-order chi connectivity index (χ0) is 15.9. The quantitative estimate of drug-likeness (QED) is 0.806. The van der Waals surface area contributed by atoms with Gasteiger partial charge in [0, 0.05) is 24.7 Å². The second kappa shape index (κ2) is 8.39. The molecule has 2 rings (SSSR count). The van der Waals surface area contributed by atoms with Gasteiger partial charge in [0.05, 0.1) is 6.54 Å². The zero-order valence-corrected chi connectivity index (χ0v) is 14.2. The Bertz CT molecular complexity index is 487. The summed E-state index contributed by atoms with van der Waals surface area (Å²) in [5.74, 6) is 1.72. The van der Waals surface area contributed by atoms with Crippen LogP contribution in [-0.2, 0) is 4.79 Å². The molecule has 0 aromatic heterocycles. The van der Waals surface area contributed by atoms with Crippen molar-refractivity contribution >= 4 is 17.5 Å². The van der Waals surface area contributed by atoms with Crippen molar-refractivity contribution in [3.05, 3.63) is 29.3 Å². The fourth-order valence-electron chi connectivity index (χ4n) is 2.54. The second-order valence-electron chi connectivity index (χ2n) is 6.11. The SMILES string of the molecule is CC1CCN(C(=O)CN(C)CCOc2cccc(Cl)c2)CC1. The first kappa shape index (κ1) is 17.1. The van der Waals surface area contributed by atoms with Gasteiger partial charge in [-0.3, -0.25) is 9.69 Å². The van der Waals surface area contributed by atoms with E-state index < -0.39 is 0 Å². The summed E-state index contributed by atoms with van der Waals surface area (Å²) in [6, 6.07) is 7.36. The summed E-state index contributed by atoms with van der Waals surface area (Å²) in [5, 5.41) is 0.667. The number of hydrogen-bond acceptors (Lipinski definition) is 3. The molecule has 0 aliphatic carbocycles. The maximum atomic E-state index is 12.2. The summed E-state index contributed by atoms with van der Waals surface area (Å²) in [4.78, 5) is 16.2. The highest BCUT2D eigenvalue weighted by Crippen LogP contribution is 2.17. The van der Waals surface area contributed by atoms with E-state index in [-0.39, 0.29) is 5.91 Å². The number of likely N-dealkylation sites (tertiary alicyclic amines) is 1. The van der Waals surface area contributed by atoms with Crippen molar-refractivity contribution in [2.24, 2.45) is 5.92 Å². The molecule has 0 spiro atoms. The van der Waals surface area contributed by atoms with Crippen LogP contribution in [0.25, 0.3) is 0 Å². The lowest BCUT2D eigenvalue weighted by atomic mass is 9.99. The smallest absolute Gasteiger partial charge is 0.236 e. The molecule has 1 fully saturated rings. The van der Waals surface area contributed by atoms with Crippen LogP contribution in [0.5, 0.6) is 5.75 Å². The van der Waals surface area contributed by atoms with Crippen LogP contribution < -0.4 is 4.74 Å². The summed E-state index contributed by atoms with van der Waals surface area (Å²) in [6.07, 6.45) is 2.24. The van der Waals surface area contributed by atoms with E-state index >= 15 is 0 Å². The van der Waals surface area contributed by atoms with E-state index in [1.807, 2.05) is 35.0 Å². The Labute approximate surface area is 138 Å². The Morgan fingerprint density at radius 2 is 2.14 bits per heavy atom. The van der Waals surface area contributed by atoms with Gasteiger partial charge in [-0.1, -0.05) is 24.6 Å². The van der Waals surface area contributed by atoms with Crippen LogP contribution in [0.2, 0.25) is 5.02 Å². The first-order chi connectivity index (χ1) is 10.5. The lowest BCUT2D eigenvalue weighted by molar-refractivity contribution is -0.133. The average Bonchev–Trinajstić information content (AvgIpc) is 2.48. The minimum Gasteiger partial charge on any atom is -0.492 e. The Kier molecular flexibility index (Phi) is 6.52. The third kappa shape index (κ3) is 5.50. The number of nitrogens with zero attached hydrogens (tertiary/aromatic N) is 2. The normalized spacial score (nSPS) is 16.1. The Morgan fingerprint density at radius 1 is 1.41 bits per heavy atom. The number of likely N-dealkylation sites (N-methyl/N-ethyl adjacent to an activating group) is 1. The van der Waals surface area contributed by atoms with Crippen LogP contribution >= 0.6 is 11.6 Å². The molecule has 1 amide bonds. The molecule has 0 unspecified atom stereocenters. The molecule has 1 aromatic rings. The van der Waals surface area contributed by atoms with Gasteiger partial charge >= 0.3 is 0 Å². The van der Waals surface area contributed by atoms with E-state index in [1.165, 1.54) is 0 Å². The molecule has 5 heteroatoms. The molecule has 0 radical (unpaired) electrons. The van der Waals surface area contributed by atoms with Gasteiger partial charge in [-0.25, -0.2) is 0 Å². The number of piperidine rings is 1. The van der Waals surface area contributed by atoms with Gasteiger partial charge < -0.3 is 9.64 Å². The maximum Gasteiger partial charge on any atom is 0.236 e. The summed E-state index contributed by atoms with van der Waals surface area (Å²) in [6.45, 7) is 5.75. The van der Waals surface area contributed by atoms with Gasteiger partial charge in [0.1, 0.15) is 12.4 Å². The van der Waals surface area contributed by atoms with Crippen LogP contribution in [-0.4, -0.2) is 55.5 Å². The van der Waals surface area contributed by atoms with Gasteiger partial charge in [0.15, 0.2) is 0 Å². The van der Waals surface area contributed by atoms with Gasteiger partial charge in [-0.2, -0.15) is 0 Å². The Morgan fingerprint density at radius 3 is 2.82 bits per heavy atom. The highest BCUT2D eigenvalue weighted by Gasteiger charge is 2.20. The first-order valence-corrected chi connectivity index (χ1v) is 8.27. The van der Waals surface area contributed by atoms with Crippen LogP contribution in [0.15, 0.2) is 24.3 Å². The summed E-state index contributed by atoms with van der Waals surface area (Å²) in [5.41, 5.74) is 0. The highest BCUT2D eigenvalue weighted by atomic mass is 35.5. The van der Waals surface area contributed by atoms with Gasteiger partial charge in [0.25, 0.3) is 0 Å². The van der Waals surface area contributed by atoms with Crippen molar-refractivity contribution in [2.75, 3.05) is 39.8 Å². The maximum absolute atomic E-state index is 12.2. The van der Waals surface area contributed by atoms with E-state index in [9.17, 15) is 4.79 Å². The van der Waals surface area contributed by atoms with Gasteiger partial charge in [-0.15, -0.1) is 0 Å². The number of amides is 1. The third-order valence-corrected chi connectivity index (χ3v) is 4.31. The summed E-state index contributed by atoms with van der Waals surface area (Å²) in [7, 11) is 1.95. The second-order valence-corrected chi connectivity index (χ2v) is 6.54. The number of rotatable bonds is 6. The van der Waals surface area contributed by atoms with Crippen LogP contribution in [0.4, 0.5) is 0 Å². The molecule has 1 aliphatic rings. The van der Waals surface area contributed by atoms with Gasteiger partial charge in [-0.05, 0) is 44.0 Å². The number of ether oxygens (including phenoxy) is 1. The van der Waals surface area contributed by atoms with E-state index in [2.05, 4.69) is 6.92 Å². The fraction of sp³-hybridized carbons (Fsp3) is 0.588. The molecule has 122 valence electrons. The minimum absolute atomic E-state index is 0.220. The zero-order valence-electron chi connectivity index (χ0n) is 13.4. The Hall–Kier alpha value is -1.26. The molecule has 22 heavy (non-hydrogen) atoms. The van der Waals surface area contributed by atoms with Crippen molar-refractivity contribution < 1.29 is 9.53 Å². The standard InChI is InChI=1S/C17H25ClN2O2/c1-14-6-8-20(9-7-14)17(21)13-19(2)10-11-22-16-5-3-4-15(18)12-16/h3-5,12,14H,6-11,13H2,1-2H3. The van der Waals surface area contributed by atoms with Crippen molar-refractivity contribution in [2.45, 2.75) is 19.8 Å². The lowest BCUT2D eigenvalue weighted by Crippen LogP contribution is -2.43. The molecule has 1 heterocycles. The van der Waals surface area contributed by atoms with Crippen molar-refractivity contribution in [1.82, 2.24) is 9.80 Å². The molecule has 0 N–H and O–H groups in total. The van der Waals surface area contributed by atoms with E-state index in [0.29, 0.717) is 24.7 Å². The van der Waals surface area contributed by atoms with Gasteiger partial charge in [0.2, 0.25) is 5.91 Å². The molecule has 1 aromatic carbocycles. The lowest BCUT2D eigenvalue weighted by Gasteiger charge is -2.31. The van der Waals surface area contributed by atoms with E-state index in [1.54, 1.807) is 6.07 Å². The van der Waals surface area contributed by atoms with Crippen molar-refractivity contribution in [1.29, 1.82) is 0 Å². The number of benzene rings is 1.